The van der Waals surface area contributed by atoms with Crippen molar-refractivity contribution in [3.8, 4) is 5.75 Å². The number of carbonyl (C=O) groups is 1. The summed E-state index contributed by atoms with van der Waals surface area (Å²) in [5.41, 5.74) is 6.12. The van der Waals surface area contributed by atoms with Gasteiger partial charge in [0.2, 0.25) is 0 Å². The van der Waals surface area contributed by atoms with Crippen LogP contribution in [0, 0.1) is 17.3 Å². The van der Waals surface area contributed by atoms with Crippen LogP contribution in [0.2, 0.25) is 0 Å². The van der Waals surface area contributed by atoms with E-state index in [1.165, 1.54) is 49.7 Å². The maximum Gasteiger partial charge on any atom is 0.332 e. The zero-order valence-electron chi connectivity index (χ0n) is 19.4. The molecule has 2 fully saturated rings. The molecule has 0 unspecified atom stereocenters. The third-order valence-electron chi connectivity index (χ3n) is 7.08. The van der Waals surface area contributed by atoms with E-state index in [9.17, 15) is 15.0 Å². The lowest BCUT2D eigenvalue weighted by Crippen LogP contribution is -2.25. The van der Waals surface area contributed by atoms with Crippen molar-refractivity contribution in [3.05, 3.63) is 76.4 Å². The average molecular weight is 431 g/mol. The van der Waals surface area contributed by atoms with E-state index in [0.717, 1.165) is 11.1 Å². The number of allylic oxidation sites excluding steroid dienone is 1. The van der Waals surface area contributed by atoms with Gasteiger partial charge in [-0.3, -0.25) is 0 Å². The Morgan fingerprint density at radius 2 is 1.31 bits per heavy atom. The van der Waals surface area contributed by atoms with E-state index < -0.39 is 11.4 Å². The van der Waals surface area contributed by atoms with Crippen LogP contribution in [0.5, 0.6) is 5.75 Å². The summed E-state index contributed by atoms with van der Waals surface area (Å²) in [6.07, 6.45) is 9.48. The van der Waals surface area contributed by atoms with Crippen LogP contribution in [0.1, 0.15) is 76.0 Å². The Balaban J connectivity index is 1.80. The second-order valence-corrected chi connectivity index (χ2v) is 10.4. The third-order valence-corrected chi connectivity index (χ3v) is 7.08. The first-order valence-corrected chi connectivity index (χ1v) is 11.8. The van der Waals surface area contributed by atoms with Crippen molar-refractivity contribution in [2.45, 2.75) is 59.3 Å². The lowest BCUT2D eigenvalue weighted by Gasteiger charge is -2.39. The van der Waals surface area contributed by atoms with Gasteiger partial charge in [0, 0.05) is 5.57 Å². The van der Waals surface area contributed by atoms with E-state index in [2.05, 4.69) is 12.1 Å². The van der Waals surface area contributed by atoms with Crippen molar-refractivity contribution in [2.75, 3.05) is 0 Å². The van der Waals surface area contributed by atoms with E-state index in [1.807, 2.05) is 45.0 Å². The van der Waals surface area contributed by atoms with Crippen LogP contribution >= 0.6 is 0 Å². The van der Waals surface area contributed by atoms with Crippen molar-refractivity contribution in [1.29, 1.82) is 0 Å². The number of hydrogen-bond acceptors (Lipinski definition) is 2. The number of hydrogen-bond donors (Lipinski definition) is 2. The minimum atomic E-state index is -0.872. The van der Waals surface area contributed by atoms with Gasteiger partial charge < -0.3 is 10.2 Å². The molecule has 2 bridgehead atoms. The Hall–Kier alpha value is -2.81. The highest BCUT2D eigenvalue weighted by molar-refractivity contribution is 5.93. The molecule has 0 aliphatic heterocycles. The molecule has 2 saturated carbocycles. The molecule has 2 N–H and O–H groups in total. The van der Waals surface area contributed by atoms with Gasteiger partial charge in [-0.1, -0.05) is 75.6 Å². The molecule has 4 rings (SSSR count). The molecular weight excluding hydrogens is 396 g/mol. The Bertz CT molecular complexity index is 1010. The van der Waals surface area contributed by atoms with Crippen molar-refractivity contribution >= 4 is 17.6 Å². The van der Waals surface area contributed by atoms with Gasteiger partial charge in [-0.15, -0.1) is 0 Å². The highest BCUT2D eigenvalue weighted by Gasteiger charge is 2.34. The minimum Gasteiger partial charge on any atom is -0.508 e. The van der Waals surface area contributed by atoms with Crippen LogP contribution in [0.4, 0.5) is 0 Å². The number of benzene rings is 2. The summed E-state index contributed by atoms with van der Waals surface area (Å²) in [5, 5.41) is 19.5. The Morgan fingerprint density at radius 1 is 0.844 bits per heavy atom. The molecule has 2 aliphatic rings. The summed E-state index contributed by atoms with van der Waals surface area (Å²) in [6.45, 7) is 5.78. The van der Waals surface area contributed by atoms with Gasteiger partial charge in [0.25, 0.3) is 0 Å². The van der Waals surface area contributed by atoms with E-state index in [1.54, 1.807) is 23.8 Å². The summed E-state index contributed by atoms with van der Waals surface area (Å²) in [5.74, 6) is 0.699. The second kappa shape index (κ2) is 8.97. The Kier molecular flexibility index (Phi) is 6.28. The van der Waals surface area contributed by atoms with Crippen LogP contribution in [0.25, 0.3) is 11.6 Å². The molecule has 3 heteroatoms. The van der Waals surface area contributed by atoms with Crippen LogP contribution in [0.3, 0.4) is 0 Å². The number of carboxylic acid groups (broad SMARTS) is 1. The number of rotatable bonds is 4. The summed E-state index contributed by atoms with van der Waals surface area (Å²) in [7, 11) is 0. The zero-order valence-corrected chi connectivity index (χ0v) is 19.4. The highest BCUT2D eigenvalue weighted by Crippen LogP contribution is 2.48. The predicted octanol–water partition coefficient (Wildman–Crippen LogP) is 7.31. The largest absolute Gasteiger partial charge is 0.508 e. The highest BCUT2D eigenvalue weighted by atomic mass is 16.4. The molecule has 0 aromatic heterocycles. The topological polar surface area (TPSA) is 57.5 Å². The maximum atomic E-state index is 11.8. The Morgan fingerprint density at radius 3 is 1.75 bits per heavy atom. The Labute approximate surface area is 191 Å². The number of fused-ring (bicyclic) bond motifs is 2. The van der Waals surface area contributed by atoms with Gasteiger partial charge in [0.05, 0.1) is 0 Å². The van der Waals surface area contributed by atoms with Crippen molar-refractivity contribution in [3.63, 3.8) is 0 Å². The van der Waals surface area contributed by atoms with Crippen molar-refractivity contribution < 1.29 is 15.0 Å². The molecule has 0 atom stereocenters. The molecular formula is C29H34O3. The molecule has 168 valence electrons. The fraction of sp³-hybridized carbons (Fsp3) is 0.414. The lowest BCUT2D eigenvalue weighted by molar-refractivity contribution is -0.133. The van der Waals surface area contributed by atoms with Crippen LogP contribution in [0.15, 0.2) is 59.7 Å². The SMILES string of the molecule is CC(C)(C)C(=Cc1ccc(C(=C2C3CCCC2CCC3)c2ccc(O)cc2)cc1)C(=O)O. The summed E-state index contributed by atoms with van der Waals surface area (Å²) in [4.78, 5) is 11.8. The summed E-state index contributed by atoms with van der Waals surface area (Å²) < 4.78 is 0. The van der Waals surface area contributed by atoms with Gasteiger partial charge in [0.15, 0.2) is 0 Å². The maximum absolute atomic E-state index is 11.8. The van der Waals surface area contributed by atoms with Gasteiger partial charge in [-0.25, -0.2) is 4.79 Å². The molecule has 32 heavy (non-hydrogen) atoms. The fourth-order valence-electron chi connectivity index (χ4n) is 5.51. The fourth-order valence-corrected chi connectivity index (χ4v) is 5.51. The number of carboxylic acids is 1. The average Bonchev–Trinajstić information content (AvgIpc) is 2.73. The van der Waals surface area contributed by atoms with E-state index in [-0.39, 0.29) is 5.75 Å². The molecule has 3 nitrogen and oxygen atoms in total. The van der Waals surface area contributed by atoms with Crippen molar-refractivity contribution in [2.24, 2.45) is 17.3 Å². The first kappa shape index (κ1) is 22.4. The number of phenolic OH excluding ortho intramolecular Hbond substituents is 1. The first-order chi connectivity index (χ1) is 15.2. The standard InChI is InChI=1S/C29H34O3/c1-29(2,3)25(28(31)32)18-19-10-12-22(13-11-19)27(23-14-16-24(30)17-15-23)26-20-6-4-7-21(26)9-5-8-20/h10-18,20-21,30H,4-9H2,1-3H3,(H,31,32). The molecule has 2 aromatic rings. The summed E-state index contributed by atoms with van der Waals surface area (Å²) in [6, 6.07) is 15.9. The van der Waals surface area contributed by atoms with Gasteiger partial charge in [-0.2, -0.15) is 0 Å². The monoisotopic (exact) mass is 430 g/mol. The first-order valence-electron chi connectivity index (χ1n) is 11.8. The van der Waals surface area contributed by atoms with Crippen molar-refractivity contribution in [1.82, 2.24) is 0 Å². The predicted molar refractivity (Wildman–Crippen MR) is 130 cm³/mol. The summed E-state index contributed by atoms with van der Waals surface area (Å²) >= 11 is 0. The van der Waals surface area contributed by atoms with E-state index in [0.29, 0.717) is 17.4 Å². The molecule has 0 saturated heterocycles. The van der Waals surface area contributed by atoms with E-state index >= 15 is 0 Å². The van der Waals surface area contributed by atoms with Gasteiger partial charge in [-0.05, 0) is 83.4 Å². The minimum absolute atomic E-state index is 0.283. The van der Waals surface area contributed by atoms with Crippen LogP contribution in [-0.2, 0) is 4.79 Å². The van der Waals surface area contributed by atoms with Crippen LogP contribution in [-0.4, -0.2) is 16.2 Å². The molecule has 0 heterocycles. The molecule has 2 aromatic carbocycles. The smallest absolute Gasteiger partial charge is 0.332 e. The molecule has 0 radical (unpaired) electrons. The molecule has 2 aliphatic carbocycles. The number of aliphatic carboxylic acids is 1. The zero-order chi connectivity index (χ0) is 22.9. The quantitative estimate of drug-likeness (QED) is 0.500. The molecule has 0 spiro atoms. The van der Waals surface area contributed by atoms with Gasteiger partial charge >= 0.3 is 5.97 Å². The third kappa shape index (κ3) is 4.67. The number of phenols is 1. The van der Waals surface area contributed by atoms with Crippen LogP contribution < -0.4 is 0 Å². The normalized spacial score (nSPS) is 21.3. The second-order valence-electron chi connectivity index (χ2n) is 10.4. The van der Waals surface area contributed by atoms with E-state index in [4.69, 9.17) is 0 Å². The number of aromatic hydroxyl groups is 1. The lowest BCUT2D eigenvalue weighted by atomic mass is 9.65. The molecule has 0 amide bonds. The van der Waals surface area contributed by atoms with Gasteiger partial charge in [0.1, 0.15) is 5.75 Å².